The van der Waals surface area contributed by atoms with Crippen molar-refractivity contribution >= 4 is 11.6 Å². The molecular weight excluding hydrogens is 379 g/mol. The number of rotatable bonds is 3. The molecule has 0 saturated carbocycles. The highest BCUT2D eigenvalue weighted by Gasteiger charge is 2.26. The first kappa shape index (κ1) is 19.4. The summed E-state index contributed by atoms with van der Waals surface area (Å²) in [6.45, 7) is 1.48. The molecule has 0 radical (unpaired) electrons. The standard InChI is InChI=1S/C23H19FN6/c24-20-7-6-15(16-5-4-8-28-14-16)11-17(20)21-18(12-25)22(27)29-23(19(21)13-26)30-9-2-1-3-10-30/h4-8,11,14H,1-3,9-10H2,(H2,27,29). The number of aromatic nitrogens is 2. The molecule has 1 aliphatic rings. The maximum absolute atomic E-state index is 15.0. The van der Waals surface area contributed by atoms with Crippen LogP contribution in [0.5, 0.6) is 0 Å². The van der Waals surface area contributed by atoms with E-state index < -0.39 is 5.82 Å². The quantitative estimate of drug-likeness (QED) is 0.707. The number of hydrogen-bond acceptors (Lipinski definition) is 6. The number of nitriles is 2. The third-order valence-corrected chi connectivity index (χ3v) is 5.32. The van der Waals surface area contributed by atoms with E-state index in [0.717, 1.165) is 43.5 Å². The van der Waals surface area contributed by atoms with Crippen molar-refractivity contribution in [2.75, 3.05) is 23.7 Å². The van der Waals surface area contributed by atoms with Crippen molar-refractivity contribution in [2.45, 2.75) is 19.3 Å². The minimum absolute atomic E-state index is 0.00162. The van der Waals surface area contributed by atoms with Gasteiger partial charge in [-0.2, -0.15) is 10.5 Å². The third-order valence-electron chi connectivity index (χ3n) is 5.32. The largest absolute Gasteiger partial charge is 0.383 e. The van der Waals surface area contributed by atoms with Crippen LogP contribution >= 0.6 is 0 Å². The number of hydrogen-bond donors (Lipinski definition) is 1. The van der Waals surface area contributed by atoms with Crippen LogP contribution in [-0.2, 0) is 0 Å². The Hall–Kier alpha value is -3.97. The zero-order valence-electron chi connectivity index (χ0n) is 16.3. The van der Waals surface area contributed by atoms with Gasteiger partial charge in [0.1, 0.15) is 40.7 Å². The van der Waals surface area contributed by atoms with Crippen molar-refractivity contribution in [3.63, 3.8) is 0 Å². The van der Waals surface area contributed by atoms with Gasteiger partial charge in [0.05, 0.1) is 0 Å². The van der Waals surface area contributed by atoms with Crippen LogP contribution in [0.3, 0.4) is 0 Å². The van der Waals surface area contributed by atoms with Crippen molar-refractivity contribution in [1.29, 1.82) is 10.5 Å². The molecular formula is C23H19FN6. The lowest BCUT2D eigenvalue weighted by Crippen LogP contribution is -2.31. The Morgan fingerprint density at radius 1 is 1.00 bits per heavy atom. The van der Waals surface area contributed by atoms with Crippen LogP contribution in [0.2, 0.25) is 0 Å². The molecule has 0 unspecified atom stereocenters. The SMILES string of the molecule is N#Cc1c(N)nc(N2CCCCC2)c(C#N)c1-c1cc(-c2cccnc2)ccc1F. The highest BCUT2D eigenvalue weighted by molar-refractivity contribution is 5.87. The molecule has 1 aliphatic heterocycles. The fourth-order valence-electron chi connectivity index (χ4n) is 3.84. The first-order valence-corrected chi connectivity index (χ1v) is 9.73. The lowest BCUT2D eigenvalue weighted by molar-refractivity contribution is 0.573. The Balaban J connectivity index is 1.97. The molecule has 0 aliphatic carbocycles. The fourth-order valence-corrected chi connectivity index (χ4v) is 3.84. The molecule has 0 atom stereocenters. The highest BCUT2D eigenvalue weighted by Crippen LogP contribution is 2.38. The Morgan fingerprint density at radius 3 is 2.43 bits per heavy atom. The predicted molar refractivity (Wildman–Crippen MR) is 113 cm³/mol. The summed E-state index contributed by atoms with van der Waals surface area (Å²) in [5.74, 6) is -0.126. The molecule has 3 aromatic rings. The number of halogens is 1. The predicted octanol–water partition coefficient (Wildman–Crippen LogP) is 4.27. The molecule has 1 fully saturated rings. The van der Waals surface area contributed by atoms with E-state index in [9.17, 15) is 10.5 Å². The van der Waals surface area contributed by atoms with Crippen LogP contribution in [-0.4, -0.2) is 23.1 Å². The molecule has 4 rings (SSSR count). The Kier molecular flexibility index (Phi) is 5.28. The molecule has 0 bridgehead atoms. The molecule has 0 amide bonds. The van der Waals surface area contributed by atoms with E-state index in [1.54, 1.807) is 30.6 Å². The third kappa shape index (κ3) is 3.42. The topological polar surface area (TPSA) is 103 Å². The van der Waals surface area contributed by atoms with E-state index >= 15 is 4.39 Å². The van der Waals surface area contributed by atoms with Gasteiger partial charge in [-0.1, -0.05) is 12.1 Å². The second-order valence-electron chi connectivity index (χ2n) is 7.15. The van der Waals surface area contributed by atoms with Crippen molar-refractivity contribution in [3.05, 3.63) is 59.7 Å². The number of anilines is 2. The van der Waals surface area contributed by atoms with Crippen molar-refractivity contribution in [1.82, 2.24) is 9.97 Å². The molecule has 30 heavy (non-hydrogen) atoms. The van der Waals surface area contributed by atoms with Crippen LogP contribution in [0, 0.1) is 28.5 Å². The van der Waals surface area contributed by atoms with E-state index in [-0.39, 0.29) is 28.1 Å². The Bertz CT molecular complexity index is 1170. The monoisotopic (exact) mass is 398 g/mol. The summed E-state index contributed by atoms with van der Waals surface area (Å²) in [6, 6.07) is 12.4. The number of nitrogens with zero attached hydrogens (tertiary/aromatic N) is 5. The smallest absolute Gasteiger partial charge is 0.149 e. The van der Waals surface area contributed by atoms with Gasteiger partial charge in [0, 0.05) is 42.2 Å². The zero-order valence-corrected chi connectivity index (χ0v) is 16.3. The van der Waals surface area contributed by atoms with Crippen LogP contribution in [0.1, 0.15) is 30.4 Å². The molecule has 2 N–H and O–H groups in total. The van der Waals surface area contributed by atoms with Gasteiger partial charge in [-0.3, -0.25) is 4.98 Å². The maximum atomic E-state index is 15.0. The summed E-state index contributed by atoms with van der Waals surface area (Å²) < 4.78 is 15.0. The Morgan fingerprint density at radius 2 is 1.77 bits per heavy atom. The zero-order chi connectivity index (χ0) is 21.1. The van der Waals surface area contributed by atoms with E-state index in [4.69, 9.17) is 5.73 Å². The van der Waals surface area contributed by atoms with E-state index in [1.165, 1.54) is 6.07 Å². The van der Waals surface area contributed by atoms with Gasteiger partial charge in [0.15, 0.2) is 0 Å². The van der Waals surface area contributed by atoms with Crippen molar-refractivity contribution in [3.8, 4) is 34.4 Å². The second-order valence-corrected chi connectivity index (χ2v) is 7.15. The lowest BCUT2D eigenvalue weighted by Gasteiger charge is -2.29. The molecule has 1 saturated heterocycles. The number of pyridine rings is 2. The van der Waals surface area contributed by atoms with Gasteiger partial charge in [-0.25, -0.2) is 9.37 Å². The number of nitrogens with two attached hydrogens (primary N) is 1. The number of nitrogen functional groups attached to an aromatic ring is 1. The summed E-state index contributed by atoms with van der Waals surface area (Å²) in [7, 11) is 0. The molecule has 6 nitrogen and oxygen atoms in total. The average Bonchev–Trinajstić information content (AvgIpc) is 2.80. The summed E-state index contributed by atoms with van der Waals surface area (Å²) in [6.07, 6.45) is 6.40. The van der Waals surface area contributed by atoms with Crippen LogP contribution in [0.4, 0.5) is 16.0 Å². The molecule has 0 spiro atoms. The summed E-state index contributed by atoms with van der Waals surface area (Å²) in [4.78, 5) is 10.5. The molecule has 3 heterocycles. The van der Waals surface area contributed by atoms with E-state index in [0.29, 0.717) is 5.82 Å². The average molecular weight is 398 g/mol. The van der Waals surface area contributed by atoms with Gasteiger partial charge in [0.2, 0.25) is 0 Å². The number of benzene rings is 1. The van der Waals surface area contributed by atoms with Gasteiger partial charge < -0.3 is 10.6 Å². The summed E-state index contributed by atoms with van der Waals surface area (Å²) >= 11 is 0. The maximum Gasteiger partial charge on any atom is 0.149 e. The van der Waals surface area contributed by atoms with Gasteiger partial charge in [-0.15, -0.1) is 0 Å². The first-order chi connectivity index (χ1) is 14.6. The normalized spacial score (nSPS) is 13.5. The minimum Gasteiger partial charge on any atom is -0.383 e. The van der Waals surface area contributed by atoms with Gasteiger partial charge in [-0.05, 0) is 43.0 Å². The first-order valence-electron chi connectivity index (χ1n) is 9.73. The highest BCUT2D eigenvalue weighted by atomic mass is 19.1. The van der Waals surface area contributed by atoms with Crippen LogP contribution < -0.4 is 10.6 Å². The fraction of sp³-hybridized carbons (Fsp3) is 0.217. The second kappa shape index (κ2) is 8.18. The van der Waals surface area contributed by atoms with Crippen LogP contribution in [0.25, 0.3) is 22.3 Å². The van der Waals surface area contributed by atoms with Gasteiger partial charge >= 0.3 is 0 Å². The van der Waals surface area contributed by atoms with Crippen LogP contribution in [0.15, 0.2) is 42.7 Å². The van der Waals surface area contributed by atoms with Gasteiger partial charge in [0.25, 0.3) is 0 Å². The molecule has 7 heteroatoms. The van der Waals surface area contributed by atoms with E-state index in [2.05, 4.69) is 16.0 Å². The lowest BCUT2D eigenvalue weighted by atomic mass is 9.92. The minimum atomic E-state index is -0.536. The number of piperidine rings is 1. The van der Waals surface area contributed by atoms with Crippen molar-refractivity contribution in [2.24, 2.45) is 0 Å². The van der Waals surface area contributed by atoms with Crippen molar-refractivity contribution < 1.29 is 4.39 Å². The Labute approximate surface area is 174 Å². The van der Waals surface area contributed by atoms with E-state index in [1.807, 2.05) is 17.0 Å². The molecule has 2 aromatic heterocycles. The summed E-state index contributed by atoms with van der Waals surface area (Å²) in [5, 5.41) is 19.7. The summed E-state index contributed by atoms with van der Waals surface area (Å²) in [5.41, 5.74) is 8.14. The molecule has 148 valence electrons. The molecule has 1 aromatic carbocycles.